The Morgan fingerprint density at radius 1 is 0.788 bits per heavy atom. The number of rotatable bonds is 24. The summed E-state index contributed by atoms with van der Waals surface area (Å²) in [6.07, 6.45) is 12.6. The fourth-order valence-electron chi connectivity index (χ4n) is 3.75. The molecule has 6 N–H and O–H groups in total. The number of nitrogens with one attached hydrogen (secondary N) is 4. The molecule has 0 aromatic heterocycles. The predicted molar refractivity (Wildman–Crippen MR) is 139 cm³/mol. The summed E-state index contributed by atoms with van der Waals surface area (Å²) in [4.78, 5) is 26.0. The molecule has 0 bridgehead atoms. The number of unbranched alkanes of at least 4 members (excludes halogenated alkanes) is 7. The van der Waals surface area contributed by atoms with Crippen molar-refractivity contribution in [2.45, 2.75) is 90.5 Å². The Morgan fingerprint density at radius 3 is 2.00 bits per heavy atom. The van der Waals surface area contributed by atoms with E-state index in [4.69, 9.17) is 5.73 Å². The summed E-state index contributed by atoms with van der Waals surface area (Å²) in [7, 11) is 1.65. The van der Waals surface area contributed by atoms with Crippen LogP contribution < -0.4 is 27.0 Å². The molecule has 0 aromatic carbocycles. The van der Waals surface area contributed by atoms with Gasteiger partial charge in [-0.3, -0.25) is 9.59 Å². The van der Waals surface area contributed by atoms with Crippen molar-refractivity contribution in [1.29, 1.82) is 0 Å². The first-order chi connectivity index (χ1) is 16.0. The van der Waals surface area contributed by atoms with E-state index in [1.807, 2.05) is 0 Å². The van der Waals surface area contributed by atoms with Crippen molar-refractivity contribution in [3.63, 3.8) is 0 Å². The molecular weight excluding hydrogens is 416 g/mol. The lowest BCUT2D eigenvalue weighted by atomic mass is 10.1. The standard InChI is InChI=1S/C25H54N6O2/c1-4-5-6-7-8-9-10-11-12-23(2)30-25(33)14-20-31(22-19-29-17-15-26)21-18-28-16-13-24(32)27-3/h23,28-29H,4-22,26H2,1-3H3,(H,27,32)(H,30,33). The van der Waals surface area contributed by atoms with Crippen LogP contribution in [0.4, 0.5) is 0 Å². The van der Waals surface area contributed by atoms with Crippen molar-refractivity contribution >= 4 is 11.8 Å². The molecule has 33 heavy (non-hydrogen) atoms. The number of carbonyl (C=O) groups is 2. The summed E-state index contributed by atoms with van der Waals surface area (Å²) in [5.41, 5.74) is 5.54. The van der Waals surface area contributed by atoms with Gasteiger partial charge < -0.3 is 31.9 Å². The van der Waals surface area contributed by atoms with Crippen LogP contribution in [0.5, 0.6) is 0 Å². The lowest BCUT2D eigenvalue weighted by Crippen LogP contribution is -2.41. The molecule has 0 radical (unpaired) electrons. The summed E-state index contributed by atoms with van der Waals surface area (Å²) in [6, 6.07) is 0.239. The minimum Gasteiger partial charge on any atom is -0.359 e. The summed E-state index contributed by atoms with van der Waals surface area (Å²) >= 11 is 0. The molecule has 0 aliphatic rings. The maximum Gasteiger partial charge on any atom is 0.221 e. The van der Waals surface area contributed by atoms with Crippen LogP contribution in [-0.4, -0.2) is 82.2 Å². The number of nitrogens with two attached hydrogens (primary N) is 1. The SMILES string of the molecule is CCCCCCCCCCC(C)NC(=O)CCN(CCNCCN)CCNCCC(=O)NC. The second kappa shape index (κ2) is 23.9. The van der Waals surface area contributed by atoms with Gasteiger partial charge in [0.1, 0.15) is 0 Å². The van der Waals surface area contributed by atoms with Crippen molar-refractivity contribution in [1.82, 2.24) is 26.2 Å². The highest BCUT2D eigenvalue weighted by Gasteiger charge is 2.11. The number of hydrogen-bond donors (Lipinski definition) is 5. The smallest absolute Gasteiger partial charge is 0.221 e. The van der Waals surface area contributed by atoms with Crippen molar-refractivity contribution in [3.05, 3.63) is 0 Å². The van der Waals surface area contributed by atoms with Crippen LogP contribution in [0.3, 0.4) is 0 Å². The van der Waals surface area contributed by atoms with Gasteiger partial charge in [0.05, 0.1) is 0 Å². The molecule has 196 valence electrons. The number of carbonyl (C=O) groups excluding carboxylic acids is 2. The normalized spacial score (nSPS) is 12.2. The van der Waals surface area contributed by atoms with E-state index >= 15 is 0 Å². The van der Waals surface area contributed by atoms with E-state index in [9.17, 15) is 9.59 Å². The molecule has 0 heterocycles. The summed E-state index contributed by atoms with van der Waals surface area (Å²) in [5.74, 6) is 0.178. The van der Waals surface area contributed by atoms with Crippen LogP contribution in [0, 0.1) is 0 Å². The van der Waals surface area contributed by atoms with Crippen LogP contribution in [0.1, 0.15) is 84.5 Å². The molecular formula is C25H54N6O2. The van der Waals surface area contributed by atoms with E-state index in [0.717, 1.165) is 45.7 Å². The molecule has 0 saturated carbocycles. The zero-order valence-electron chi connectivity index (χ0n) is 21.9. The second-order valence-corrected chi connectivity index (χ2v) is 9.04. The average molecular weight is 471 g/mol. The molecule has 1 atom stereocenters. The van der Waals surface area contributed by atoms with Crippen LogP contribution >= 0.6 is 0 Å². The lowest BCUT2D eigenvalue weighted by molar-refractivity contribution is -0.122. The Hall–Kier alpha value is -1.22. The molecule has 0 fully saturated rings. The van der Waals surface area contributed by atoms with E-state index in [2.05, 4.69) is 40.0 Å². The molecule has 0 rings (SSSR count). The van der Waals surface area contributed by atoms with Crippen molar-refractivity contribution < 1.29 is 9.59 Å². The third-order valence-corrected chi connectivity index (χ3v) is 5.89. The predicted octanol–water partition coefficient (Wildman–Crippen LogP) is 1.99. The van der Waals surface area contributed by atoms with Crippen molar-refractivity contribution in [2.75, 3.05) is 59.4 Å². The monoisotopic (exact) mass is 470 g/mol. The van der Waals surface area contributed by atoms with Crippen molar-refractivity contribution in [2.24, 2.45) is 5.73 Å². The van der Waals surface area contributed by atoms with Gasteiger partial charge in [0, 0.05) is 78.3 Å². The molecule has 0 aliphatic carbocycles. The number of hydrogen-bond acceptors (Lipinski definition) is 6. The van der Waals surface area contributed by atoms with Gasteiger partial charge in [-0.25, -0.2) is 0 Å². The van der Waals surface area contributed by atoms with Crippen LogP contribution in [0.2, 0.25) is 0 Å². The summed E-state index contributed by atoms with van der Waals surface area (Å²) < 4.78 is 0. The molecule has 8 nitrogen and oxygen atoms in total. The highest BCUT2D eigenvalue weighted by atomic mass is 16.2. The molecule has 2 amide bonds. The molecule has 1 unspecified atom stereocenters. The van der Waals surface area contributed by atoms with Gasteiger partial charge in [-0.15, -0.1) is 0 Å². The molecule has 0 saturated heterocycles. The second-order valence-electron chi connectivity index (χ2n) is 9.04. The lowest BCUT2D eigenvalue weighted by Gasteiger charge is -2.23. The fourth-order valence-corrected chi connectivity index (χ4v) is 3.75. The third kappa shape index (κ3) is 22.3. The minimum absolute atomic E-state index is 0.0445. The maximum atomic E-state index is 12.4. The van der Waals surface area contributed by atoms with Crippen LogP contribution in [0.15, 0.2) is 0 Å². The quantitative estimate of drug-likeness (QED) is 0.138. The highest BCUT2D eigenvalue weighted by molar-refractivity contribution is 5.76. The van der Waals surface area contributed by atoms with E-state index in [1.54, 1.807) is 7.05 Å². The third-order valence-electron chi connectivity index (χ3n) is 5.89. The van der Waals surface area contributed by atoms with Crippen LogP contribution in [-0.2, 0) is 9.59 Å². The zero-order valence-corrected chi connectivity index (χ0v) is 21.9. The Bertz CT molecular complexity index is 464. The molecule has 0 spiro atoms. The van der Waals surface area contributed by atoms with Gasteiger partial charge >= 0.3 is 0 Å². The first-order valence-corrected chi connectivity index (χ1v) is 13.4. The largest absolute Gasteiger partial charge is 0.359 e. The first kappa shape index (κ1) is 31.8. The van der Waals surface area contributed by atoms with Gasteiger partial charge in [-0.2, -0.15) is 0 Å². The topological polar surface area (TPSA) is 112 Å². The number of nitrogens with zero attached hydrogens (tertiary/aromatic N) is 1. The summed E-state index contributed by atoms with van der Waals surface area (Å²) in [6.45, 7) is 10.6. The van der Waals surface area contributed by atoms with E-state index < -0.39 is 0 Å². The Kier molecular flexibility index (Phi) is 23.0. The average Bonchev–Trinajstić information content (AvgIpc) is 2.80. The van der Waals surface area contributed by atoms with E-state index in [0.29, 0.717) is 25.9 Å². The Morgan fingerprint density at radius 2 is 1.39 bits per heavy atom. The molecule has 0 aliphatic heterocycles. The van der Waals surface area contributed by atoms with Gasteiger partial charge in [0.25, 0.3) is 0 Å². The van der Waals surface area contributed by atoms with E-state index in [-0.39, 0.29) is 17.9 Å². The zero-order chi connectivity index (χ0) is 24.6. The fraction of sp³-hybridized carbons (Fsp3) is 0.920. The van der Waals surface area contributed by atoms with Gasteiger partial charge in [0.2, 0.25) is 11.8 Å². The van der Waals surface area contributed by atoms with Gasteiger partial charge in [-0.05, 0) is 13.3 Å². The van der Waals surface area contributed by atoms with E-state index in [1.165, 1.54) is 51.4 Å². The molecule has 0 aromatic rings. The maximum absolute atomic E-state index is 12.4. The molecule has 8 heteroatoms. The van der Waals surface area contributed by atoms with Crippen LogP contribution in [0.25, 0.3) is 0 Å². The van der Waals surface area contributed by atoms with Crippen molar-refractivity contribution in [3.8, 4) is 0 Å². The number of amides is 2. The summed E-state index contributed by atoms with van der Waals surface area (Å²) in [5, 5.41) is 12.4. The highest BCUT2D eigenvalue weighted by Crippen LogP contribution is 2.10. The van der Waals surface area contributed by atoms with Gasteiger partial charge in [-0.1, -0.05) is 58.3 Å². The van der Waals surface area contributed by atoms with Gasteiger partial charge in [0.15, 0.2) is 0 Å². The Labute approximate surface area is 203 Å². The minimum atomic E-state index is 0.0445. The Balaban J connectivity index is 4.03. The first-order valence-electron chi connectivity index (χ1n) is 13.4.